The third kappa shape index (κ3) is 4.00. The van der Waals surface area contributed by atoms with Crippen LogP contribution in [0, 0.1) is 11.7 Å². The number of carbonyl (C=O) groups is 1. The number of halogens is 1. The number of hydrogen-bond donors (Lipinski definition) is 1. The molecule has 5 nitrogen and oxygen atoms in total. The summed E-state index contributed by atoms with van der Waals surface area (Å²) in [6, 6.07) is 4.59. The second-order valence-electron chi connectivity index (χ2n) is 6.36. The minimum atomic E-state index is -1.02. The number of Topliss-reactive ketones (excluding diaryl/α,β-unsaturated/α-hetero) is 1. The average Bonchev–Trinajstić information content (AvgIpc) is 2.48. The molecule has 24 heavy (non-hydrogen) atoms. The maximum atomic E-state index is 14.4. The Morgan fingerprint density at radius 2 is 2.17 bits per heavy atom. The Morgan fingerprint density at radius 1 is 1.46 bits per heavy atom. The maximum Gasteiger partial charge on any atom is 0.288 e. The molecule has 0 radical (unpaired) electrons. The van der Waals surface area contributed by atoms with E-state index in [1.54, 1.807) is 25.1 Å². The van der Waals surface area contributed by atoms with Crippen LogP contribution < -0.4 is 5.73 Å². The molecular weight excluding hydrogens is 311 g/mol. The lowest BCUT2D eigenvalue weighted by Crippen LogP contribution is -2.31. The largest absolute Gasteiger partial charge is 0.429 e. The number of ketones is 1. The predicted octanol–water partition coefficient (Wildman–Crippen LogP) is 2.68. The number of ether oxygens (including phenoxy) is 2. The molecule has 0 bridgehead atoms. The molecule has 1 aromatic carbocycles. The van der Waals surface area contributed by atoms with Crippen LogP contribution >= 0.6 is 0 Å². The summed E-state index contributed by atoms with van der Waals surface area (Å²) in [7, 11) is 1.53. The molecule has 0 amide bonds. The minimum Gasteiger partial charge on any atom is -0.429 e. The van der Waals surface area contributed by atoms with E-state index < -0.39 is 11.4 Å². The first kappa shape index (κ1) is 18.1. The zero-order chi connectivity index (χ0) is 17.9. The van der Waals surface area contributed by atoms with Crippen LogP contribution in [0.4, 0.5) is 4.39 Å². The number of amidine groups is 1. The summed E-state index contributed by atoms with van der Waals surface area (Å²) in [5, 5.41) is 0. The van der Waals surface area contributed by atoms with E-state index in [0.29, 0.717) is 11.3 Å². The van der Waals surface area contributed by atoms with E-state index in [2.05, 4.69) is 4.99 Å². The normalized spacial score (nSPS) is 20.4. The van der Waals surface area contributed by atoms with E-state index in [-0.39, 0.29) is 30.8 Å². The van der Waals surface area contributed by atoms with Gasteiger partial charge >= 0.3 is 0 Å². The van der Waals surface area contributed by atoms with Gasteiger partial charge in [0.15, 0.2) is 0 Å². The molecule has 0 fully saturated rings. The van der Waals surface area contributed by atoms with Gasteiger partial charge in [-0.05, 0) is 30.7 Å². The Morgan fingerprint density at radius 3 is 2.79 bits per heavy atom. The van der Waals surface area contributed by atoms with Crippen LogP contribution in [0.5, 0.6) is 0 Å². The third-order valence-electron chi connectivity index (χ3n) is 3.91. The van der Waals surface area contributed by atoms with Crippen molar-refractivity contribution in [3.8, 4) is 0 Å². The molecule has 130 valence electrons. The van der Waals surface area contributed by atoms with Crippen LogP contribution in [-0.2, 0) is 26.2 Å². The Hall–Kier alpha value is -2.21. The second-order valence-corrected chi connectivity index (χ2v) is 6.36. The van der Waals surface area contributed by atoms with Crippen molar-refractivity contribution >= 4 is 11.8 Å². The second kappa shape index (κ2) is 7.13. The molecule has 0 saturated carbocycles. The van der Waals surface area contributed by atoms with Crippen LogP contribution in [-0.4, -0.2) is 25.5 Å². The first-order valence-electron chi connectivity index (χ1n) is 7.80. The summed E-state index contributed by atoms with van der Waals surface area (Å²) in [6.45, 7) is 5.64. The highest BCUT2D eigenvalue weighted by molar-refractivity contribution is 5.82. The van der Waals surface area contributed by atoms with Gasteiger partial charge in [0.2, 0.25) is 0 Å². The van der Waals surface area contributed by atoms with Crippen molar-refractivity contribution < 1.29 is 18.7 Å². The van der Waals surface area contributed by atoms with Gasteiger partial charge in [-0.15, -0.1) is 0 Å². The van der Waals surface area contributed by atoms with E-state index in [4.69, 9.17) is 15.2 Å². The van der Waals surface area contributed by atoms with Crippen molar-refractivity contribution in [2.75, 3.05) is 13.7 Å². The number of hydrogen-bond acceptors (Lipinski definition) is 5. The fourth-order valence-corrected chi connectivity index (χ4v) is 2.59. The third-order valence-corrected chi connectivity index (χ3v) is 3.91. The molecule has 0 unspecified atom stereocenters. The minimum absolute atomic E-state index is 0.0462. The molecule has 2 rings (SSSR count). The molecule has 0 aliphatic carbocycles. The zero-order valence-corrected chi connectivity index (χ0v) is 14.4. The number of carbonyl (C=O) groups excluding carboxylic acids is 1. The molecule has 1 aliphatic heterocycles. The number of methoxy groups -OCH3 is 1. The molecule has 1 aromatic rings. The maximum absolute atomic E-state index is 14.4. The van der Waals surface area contributed by atoms with Gasteiger partial charge in [-0.3, -0.25) is 4.79 Å². The van der Waals surface area contributed by atoms with E-state index in [0.717, 1.165) is 5.56 Å². The van der Waals surface area contributed by atoms with Crippen LogP contribution in [0.25, 0.3) is 0 Å². The average molecular weight is 334 g/mol. The van der Waals surface area contributed by atoms with Gasteiger partial charge in [0, 0.05) is 25.0 Å². The fourth-order valence-electron chi connectivity index (χ4n) is 2.59. The summed E-state index contributed by atoms with van der Waals surface area (Å²) >= 11 is 0. The summed E-state index contributed by atoms with van der Waals surface area (Å²) in [4.78, 5) is 16.2. The molecule has 2 N–H and O–H groups in total. The molecule has 0 aromatic heterocycles. The number of nitrogens with two attached hydrogens (primary N) is 1. The monoisotopic (exact) mass is 334 g/mol. The van der Waals surface area contributed by atoms with Crippen LogP contribution in [0.1, 0.15) is 31.9 Å². The Balaban J connectivity index is 2.42. The van der Waals surface area contributed by atoms with Gasteiger partial charge in [-0.25, -0.2) is 9.38 Å². The van der Waals surface area contributed by atoms with Gasteiger partial charge in [-0.2, -0.15) is 0 Å². The molecule has 1 atom stereocenters. The smallest absolute Gasteiger partial charge is 0.288 e. The fraction of sp³-hybridized carbons (Fsp3) is 0.444. The molecular formula is C18H23FN2O3. The lowest BCUT2D eigenvalue weighted by Gasteiger charge is -2.28. The number of rotatable bonds is 6. The highest BCUT2D eigenvalue weighted by atomic mass is 19.1. The van der Waals surface area contributed by atoms with Crippen molar-refractivity contribution in [1.29, 1.82) is 0 Å². The first-order chi connectivity index (χ1) is 11.2. The van der Waals surface area contributed by atoms with Gasteiger partial charge in [0.05, 0.1) is 0 Å². The van der Waals surface area contributed by atoms with Crippen molar-refractivity contribution in [2.45, 2.75) is 32.7 Å². The van der Waals surface area contributed by atoms with E-state index >= 15 is 0 Å². The Kier molecular flexibility index (Phi) is 5.39. The van der Waals surface area contributed by atoms with Crippen molar-refractivity contribution in [3.63, 3.8) is 0 Å². The summed E-state index contributed by atoms with van der Waals surface area (Å²) in [5.41, 5.74) is 5.80. The van der Waals surface area contributed by atoms with Crippen LogP contribution in [0.3, 0.4) is 0 Å². The number of aliphatic imine (C=N–C) groups is 1. The first-order valence-corrected chi connectivity index (χ1v) is 7.80. The van der Waals surface area contributed by atoms with E-state index in [1.807, 2.05) is 13.8 Å². The van der Waals surface area contributed by atoms with Gasteiger partial charge in [0.1, 0.15) is 29.5 Å². The highest BCUT2D eigenvalue weighted by Crippen LogP contribution is 2.34. The van der Waals surface area contributed by atoms with E-state index in [1.165, 1.54) is 13.2 Å². The van der Waals surface area contributed by atoms with Crippen LogP contribution in [0.2, 0.25) is 0 Å². The molecule has 6 heteroatoms. The quantitative estimate of drug-likeness (QED) is 0.868. The van der Waals surface area contributed by atoms with Gasteiger partial charge in [-0.1, -0.05) is 19.9 Å². The summed E-state index contributed by atoms with van der Waals surface area (Å²) in [6.07, 6.45) is 1.94. The molecule has 0 spiro atoms. The van der Waals surface area contributed by atoms with Crippen molar-refractivity contribution in [1.82, 2.24) is 0 Å². The number of nitrogens with zero attached hydrogens (tertiary/aromatic N) is 1. The van der Waals surface area contributed by atoms with Crippen molar-refractivity contribution in [2.24, 2.45) is 16.6 Å². The summed E-state index contributed by atoms with van der Waals surface area (Å²) < 4.78 is 24.8. The lowest BCUT2D eigenvalue weighted by atomic mass is 9.88. The number of benzene rings is 1. The highest BCUT2D eigenvalue weighted by Gasteiger charge is 2.32. The van der Waals surface area contributed by atoms with Gasteiger partial charge < -0.3 is 15.2 Å². The topological polar surface area (TPSA) is 73.9 Å². The molecule has 1 heterocycles. The molecule has 0 saturated heterocycles. The standard InChI is InChI=1S/C18H23FN2O3/c1-11(2)16(22)8-12-5-6-15(19)14(7-12)18(3)9-13(10-23-4)24-17(20)21-18/h5-7,9,11H,8,10H2,1-4H3,(H2,20,21)/t18-/m0/s1. The van der Waals surface area contributed by atoms with E-state index in [9.17, 15) is 9.18 Å². The summed E-state index contributed by atoms with van der Waals surface area (Å²) in [5.74, 6) is 0.0858. The van der Waals surface area contributed by atoms with Crippen molar-refractivity contribution in [3.05, 3.63) is 47.0 Å². The lowest BCUT2D eigenvalue weighted by molar-refractivity contribution is -0.121. The predicted molar refractivity (Wildman–Crippen MR) is 90.0 cm³/mol. The Bertz CT molecular complexity index is 698. The van der Waals surface area contributed by atoms with Crippen LogP contribution in [0.15, 0.2) is 35.0 Å². The van der Waals surface area contributed by atoms with Gasteiger partial charge in [0.25, 0.3) is 6.02 Å². The zero-order valence-electron chi connectivity index (χ0n) is 14.4. The Labute approximate surface area is 141 Å². The SMILES string of the molecule is COCC1=C[C@@](C)(c2cc(CC(=O)C(C)C)ccc2F)N=C(N)O1. The molecule has 1 aliphatic rings.